The number of fused-ring (bicyclic) bond motifs is 5. The SMILES string of the molecule is C#Cc1c(F)ccc2cc(O)cc(-c3nc(OC)c4c(N5CC6CCC(C5)N6C(=O)NNC)nc(OCC5(CN6CC7CC7C6)CC5)nc4c3F)c12. The molecule has 270 valence electrons. The van der Waals surface area contributed by atoms with E-state index in [0.29, 0.717) is 30.9 Å². The molecule has 3 saturated heterocycles. The van der Waals surface area contributed by atoms with E-state index in [1.54, 1.807) is 7.05 Å². The predicted octanol–water partition coefficient (Wildman–Crippen LogP) is 4.43. The van der Waals surface area contributed by atoms with Crippen LogP contribution in [-0.4, -0.2) is 101 Å². The maximum atomic E-state index is 17.2. The number of piperidine rings is 1. The van der Waals surface area contributed by atoms with Crippen LogP contribution in [0.1, 0.15) is 37.7 Å². The Labute approximate surface area is 299 Å². The number of halogens is 2. The highest BCUT2D eigenvalue weighted by Gasteiger charge is 2.51. The maximum absolute atomic E-state index is 17.2. The summed E-state index contributed by atoms with van der Waals surface area (Å²) in [5.41, 5.74) is 5.10. The molecule has 4 unspecified atom stereocenters. The number of aromatic nitrogens is 3. The molecule has 2 aromatic carbocycles. The molecule has 4 aromatic rings. The fraction of sp³-hybridized carbons (Fsp3) is 0.474. The molecule has 14 heteroatoms. The number of likely N-dealkylation sites (tertiary alicyclic amines) is 1. The first kappa shape index (κ1) is 32.9. The Morgan fingerprint density at radius 2 is 1.83 bits per heavy atom. The molecule has 5 heterocycles. The topological polar surface area (TPSA) is 128 Å². The number of terminal acetylenes is 1. The van der Waals surface area contributed by atoms with E-state index in [0.717, 1.165) is 57.2 Å². The highest BCUT2D eigenvalue weighted by molar-refractivity contribution is 6.04. The first-order valence-corrected chi connectivity index (χ1v) is 17.9. The van der Waals surface area contributed by atoms with Crippen LogP contribution < -0.4 is 25.2 Å². The Morgan fingerprint density at radius 1 is 1.08 bits per heavy atom. The molecule has 3 N–H and O–H groups in total. The van der Waals surface area contributed by atoms with Crippen molar-refractivity contribution in [1.29, 1.82) is 0 Å². The molecule has 0 radical (unpaired) electrons. The largest absolute Gasteiger partial charge is 0.508 e. The minimum atomic E-state index is -0.823. The van der Waals surface area contributed by atoms with Gasteiger partial charge in [-0.2, -0.15) is 9.97 Å². The van der Waals surface area contributed by atoms with E-state index in [-0.39, 0.29) is 74.3 Å². The molecule has 2 bridgehead atoms. The van der Waals surface area contributed by atoms with Crippen molar-refractivity contribution in [3.8, 4) is 41.2 Å². The fourth-order valence-corrected chi connectivity index (χ4v) is 8.90. The van der Waals surface area contributed by atoms with Gasteiger partial charge in [-0.3, -0.25) is 5.43 Å². The smallest absolute Gasteiger partial charge is 0.332 e. The summed E-state index contributed by atoms with van der Waals surface area (Å²) in [6.07, 6.45) is 10.8. The van der Waals surface area contributed by atoms with Crippen LogP contribution in [0.2, 0.25) is 0 Å². The maximum Gasteiger partial charge on any atom is 0.332 e. The molecule has 2 aromatic heterocycles. The van der Waals surface area contributed by atoms with Gasteiger partial charge in [0.05, 0.1) is 31.4 Å². The number of methoxy groups -OCH3 is 1. The zero-order valence-electron chi connectivity index (χ0n) is 29.1. The zero-order chi connectivity index (χ0) is 35.9. The molecule has 5 fully saturated rings. The number of hydrogen-bond acceptors (Lipinski definition) is 10. The number of hydrazine groups is 1. The number of pyridine rings is 1. The van der Waals surface area contributed by atoms with Crippen LogP contribution in [0.3, 0.4) is 0 Å². The lowest BCUT2D eigenvalue weighted by molar-refractivity contribution is 0.158. The van der Waals surface area contributed by atoms with Crippen molar-refractivity contribution in [2.45, 2.75) is 44.2 Å². The van der Waals surface area contributed by atoms with Gasteiger partial charge >= 0.3 is 12.0 Å². The Kier molecular flexibility index (Phi) is 7.78. The van der Waals surface area contributed by atoms with Gasteiger partial charge in [-0.25, -0.2) is 24.0 Å². The summed E-state index contributed by atoms with van der Waals surface area (Å²) in [5.74, 6) is 2.82. The summed E-state index contributed by atoms with van der Waals surface area (Å²) in [7, 11) is 3.07. The van der Waals surface area contributed by atoms with E-state index in [9.17, 15) is 9.90 Å². The molecule has 4 atom stereocenters. The normalized spacial score (nSPS) is 24.2. The van der Waals surface area contributed by atoms with Gasteiger partial charge in [-0.1, -0.05) is 12.0 Å². The second-order valence-corrected chi connectivity index (χ2v) is 15.1. The van der Waals surface area contributed by atoms with E-state index < -0.39 is 11.6 Å². The number of anilines is 1. The fourth-order valence-electron chi connectivity index (χ4n) is 8.90. The van der Waals surface area contributed by atoms with Gasteiger partial charge < -0.3 is 29.3 Å². The van der Waals surface area contributed by atoms with E-state index in [2.05, 4.69) is 31.6 Å². The summed E-state index contributed by atoms with van der Waals surface area (Å²) in [6.45, 7) is 4.50. The monoisotopic (exact) mass is 710 g/mol. The summed E-state index contributed by atoms with van der Waals surface area (Å²) in [5, 5.41) is 11.6. The molecular formula is C38H40F2N8O4. The third-order valence-electron chi connectivity index (χ3n) is 11.7. The van der Waals surface area contributed by atoms with Gasteiger partial charge in [0.25, 0.3) is 0 Å². The number of piperazine rings is 1. The lowest BCUT2D eigenvalue weighted by Gasteiger charge is -2.41. The van der Waals surface area contributed by atoms with Crippen LogP contribution in [-0.2, 0) is 0 Å². The number of nitrogens with zero attached hydrogens (tertiary/aromatic N) is 6. The van der Waals surface area contributed by atoms with Gasteiger partial charge in [0, 0.05) is 56.1 Å². The molecule has 2 aliphatic carbocycles. The molecule has 3 aliphatic heterocycles. The van der Waals surface area contributed by atoms with Crippen LogP contribution in [0.25, 0.3) is 32.9 Å². The van der Waals surface area contributed by atoms with E-state index in [1.165, 1.54) is 37.8 Å². The van der Waals surface area contributed by atoms with Gasteiger partial charge in [0.2, 0.25) is 5.88 Å². The molecule has 5 aliphatic rings. The van der Waals surface area contributed by atoms with E-state index >= 15 is 8.78 Å². The highest BCUT2D eigenvalue weighted by atomic mass is 19.1. The number of rotatable bonds is 9. The van der Waals surface area contributed by atoms with Crippen LogP contribution in [0.4, 0.5) is 19.4 Å². The summed E-state index contributed by atoms with van der Waals surface area (Å²) >= 11 is 0. The number of amides is 2. The quantitative estimate of drug-likeness (QED) is 0.170. The third-order valence-corrected chi connectivity index (χ3v) is 11.7. The minimum Gasteiger partial charge on any atom is -0.508 e. The second kappa shape index (κ2) is 12.3. The number of urea groups is 1. The Bertz CT molecular complexity index is 2150. The summed E-state index contributed by atoms with van der Waals surface area (Å²) < 4.78 is 44.5. The van der Waals surface area contributed by atoms with Crippen molar-refractivity contribution in [2.75, 3.05) is 58.4 Å². The van der Waals surface area contributed by atoms with Crippen LogP contribution >= 0.6 is 0 Å². The van der Waals surface area contributed by atoms with E-state index in [4.69, 9.17) is 20.9 Å². The van der Waals surface area contributed by atoms with E-state index in [1.807, 2.05) is 9.80 Å². The van der Waals surface area contributed by atoms with Crippen molar-refractivity contribution < 1.29 is 28.2 Å². The van der Waals surface area contributed by atoms with Crippen molar-refractivity contribution in [3.63, 3.8) is 0 Å². The zero-order valence-corrected chi connectivity index (χ0v) is 29.1. The number of ether oxygens (including phenoxy) is 2. The number of carbonyl (C=O) groups excluding carboxylic acids is 1. The van der Waals surface area contributed by atoms with Crippen molar-refractivity contribution in [1.82, 2.24) is 35.6 Å². The van der Waals surface area contributed by atoms with Gasteiger partial charge in [0.1, 0.15) is 34.0 Å². The van der Waals surface area contributed by atoms with Crippen molar-refractivity contribution in [2.24, 2.45) is 17.3 Å². The van der Waals surface area contributed by atoms with Crippen molar-refractivity contribution >= 4 is 33.5 Å². The Hall–Kier alpha value is -5.00. The average Bonchev–Trinajstić information content (AvgIpc) is 4.02. The summed E-state index contributed by atoms with van der Waals surface area (Å²) in [6, 6.07) is 5.03. The number of benzene rings is 2. The minimum absolute atomic E-state index is 0.00349. The Morgan fingerprint density at radius 3 is 2.50 bits per heavy atom. The molecule has 9 rings (SSSR count). The number of hydrogen-bond donors (Lipinski definition) is 3. The Balaban J connectivity index is 1.16. The molecule has 12 nitrogen and oxygen atoms in total. The number of aromatic hydroxyl groups is 1. The first-order valence-electron chi connectivity index (χ1n) is 17.9. The van der Waals surface area contributed by atoms with Gasteiger partial charge in [0.15, 0.2) is 5.82 Å². The number of nitrogens with one attached hydrogen (secondary N) is 2. The second-order valence-electron chi connectivity index (χ2n) is 15.1. The van der Waals surface area contributed by atoms with Crippen LogP contribution in [0.5, 0.6) is 17.6 Å². The number of phenols is 1. The molecule has 2 amide bonds. The number of carbonyl (C=O) groups is 1. The third kappa shape index (κ3) is 5.49. The van der Waals surface area contributed by atoms with Gasteiger partial charge in [-0.15, -0.1) is 6.42 Å². The lowest BCUT2D eigenvalue weighted by Crippen LogP contribution is -2.59. The van der Waals surface area contributed by atoms with Crippen LogP contribution in [0, 0.1) is 41.2 Å². The van der Waals surface area contributed by atoms with Crippen LogP contribution in [0.15, 0.2) is 24.3 Å². The molecule has 52 heavy (non-hydrogen) atoms. The van der Waals surface area contributed by atoms with Crippen molar-refractivity contribution in [3.05, 3.63) is 41.5 Å². The predicted molar refractivity (Wildman–Crippen MR) is 190 cm³/mol. The first-order chi connectivity index (χ1) is 25.2. The van der Waals surface area contributed by atoms with Gasteiger partial charge in [-0.05, 0) is 67.5 Å². The highest BCUT2D eigenvalue weighted by Crippen LogP contribution is 2.51. The lowest BCUT2D eigenvalue weighted by atomic mass is 9.95. The standard InChI is InChI=1S/C38H40F2N8O4/c1-4-26-28(39)8-5-20-12-25(49)13-27(29(20)26)32-31(40)33-30(35(42-32)51-3)34(47-16-23-6-7-24(17-47)48(23)37(50)45-41-2)44-36(43-33)52-19-38(9-10-38)18-46-14-21-11-22(21)15-46/h1,5,8,12-13,21-24,41,49H,6-7,9-11,14-19H2,2-3H3,(H,45,50). The summed E-state index contributed by atoms with van der Waals surface area (Å²) in [4.78, 5) is 33.6. The molecule has 0 spiro atoms. The number of phenolic OH excluding ortho intramolecular Hbond substituents is 1. The average molecular weight is 711 g/mol. The molecular weight excluding hydrogens is 670 g/mol. The molecule has 2 saturated carbocycles.